The van der Waals surface area contributed by atoms with Crippen LogP contribution in [0.2, 0.25) is 0 Å². The minimum Gasteiger partial charge on any atom is -0.409 e. The van der Waals surface area contributed by atoms with Crippen LogP contribution in [0, 0.1) is 5.92 Å². The Morgan fingerprint density at radius 1 is 1.62 bits per heavy atom. The molecule has 16 heavy (non-hydrogen) atoms. The van der Waals surface area contributed by atoms with Crippen molar-refractivity contribution in [3.05, 3.63) is 0 Å². The molecule has 1 aliphatic rings. The van der Waals surface area contributed by atoms with Crippen molar-refractivity contribution in [3.8, 4) is 0 Å². The Labute approximate surface area is 97.2 Å². The van der Waals surface area contributed by atoms with E-state index in [0.29, 0.717) is 24.2 Å². The zero-order valence-corrected chi connectivity index (χ0v) is 10.2. The second-order valence-corrected chi connectivity index (χ2v) is 4.75. The zero-order valence-electron chi connectivity index (χ0n) is 10.2. The van der Waals surface area contributed by atoms with Crippen LogP contribution in [0.1, 0.15) is 26.7 Å². The fourth-order valence-corrected chi connectivity index (χ4v) is 2.01. The highest BCUT2D eigenvalue weighted by atomic mass is 16.5. The summed E-state index contributed by atoms with van der Waals surface area (Å²) < 4.78 is 5.40. The lowest BCUT2D eigenvalue weighted by molar-refractivity contribution is 0.136. The van der Waals surface area contributed by atoms with Gasteiger partial charge in [-0.3, -0.25) is 4.90 Å². The lowest BCUT2D eigenvalue weighted by Gasteiger charge is -2.29. The van der Waals surface area contributed by atoms with Crippen molar-refractivity contribution in [2.24, 2.45) is 16.8 Å². The largest absolute Gasteiger partial charge is 0.409 e. The van der Waals surface area contributed by atoms with Gasteiger partial charge in [-0.25, -0.2) is 0 Å². The van der Waals surface area contributed by atoms with E-state index < -0.39 is 0 Å². The molecule has 0 aromatic carbocycles. The van der Waals surface area contributed by atoms with E-state index >= 15 is 0 Å². The van der Waals surface area contributed by atoms with Crippen LogP contribution >= 0.6 is 0 Å². The summed E-state index contributed by atoms with van der Waals surface area (Å²) in [5, 5.41) is 11.5. The van der Waals surface area contributed by atoms with Gasteiger partial charge >= 0.3 is 0 Å². The van der Waals surface area contributed by atoms with Crippen molar-refractivity contribution in [1.29, 1.82) is 0 Å². The Kier molecular flexibility index (Phi) is 5.55. The molecule has 0 saturated carbocycles. The van der Waals surface area contributed by atoms with Crippen molar-refractivity contribution in [2.45, 2.75) is 32.7 Å². The molecule has 1 saturated heterocycles. The number of oxime groups is 1. The molecule has 1 atom stereocenters. The fourth-order valence-electron chi connectivity index (χ4n) is 2.01. The van der Waals surface area contributed by atoms with Crippen LogP contribution in [-0.4, -0.2) is 48.3 Å². The highest BCUT2D eigenvalue weighted by Gasteiger charge is 2.23. The van der Waals surface area contributed by atoms with Gasteiger partial charge in [-0.1, -0.05) is 19.0 Å². The third-order valence-electron chi connectivity index (χ3n) is 2.81. The molecular formula is C11H23N3O2. The molecule has 0 aromatic rings. The summed E-state index contributed by atoms with van der Waals surface area (Å²) in [6, 6.07) is 0.494. The number of nitrogens with two attached hydrogens (primary N) is 1. The maximum absolute atomic E-state index is 8.51. The molecule has 3 N–H and O–H groups in total. The van der Waals surface area contributed by atoms with Gasteiger partial charge < -0.3 is 15.7 Å². The van der Waals surface area contributed by atoms with Gasteiger partial charge in [0.25, 0.3) is 0 Å². The Hall–Kier alpha value is -0.810. The van der Waals surface area contributed by atoms with Crippen LogP contribution < -0.4 is 5.73 Å². The molecule has 94 valence electrons. The molecular weight excluding hydrogens is 206 g/mol. The lowest BCUT2D eigenvalue weighted by atomic mass is 10.1. The highest BCUT2D eigenvalue weighted by Crippen LogP contribution is 2.14. The molecule has 0 aromatic heterocycles. The molecule has 0 aliphatic carbocycles. The summed E-state index contributed by atoms with van der Waals surface area (Å²) in [5.41, 5.74) is 5.49. The quantitative estimate of drug-likeness (QED) is 0.307. The predicted molar refractivity (Wildman–Crippen MR) is 63.7 cm³/mol. The number of hydrogen-bond acceptors (Lipinski definition) is 4. The van der Waals surface area contributed by atoms with Gasteiger partial charge in [-0.05, 0) is 12.3 Å². The maximum atomic E-state index is 8.51. The minimum atomic E-state index is 0.299. The number of ether oxygens (including phenoxy) is 1. The minimum absolute atomic E-state index is 0.299. The smallest absolute Gasteiger partial charge is 0.140 e. The first-order valence-corrected chi connectivity index (χ1v) is 5.91. The van der Waals surface area contributed by atoms with E-state index in [4.69, 9.17) is 15.7 Å². The van der Waals surface area contributed by atoms with E-state index in [-0.39, 0.29) is 0 Å². The van der Waals surface area contributed by atoms with Crippen molar-refractivity contribution < 1.29 is 9.94 Å². The van der Waals surface area contributed by atoms with Crippen LogP contribution in [0.4, 0.5) is 0 Å². The second kappa shape index (κ2) is 6.70. The number of nitrogens with zero attached hydrogens (tertiary/aromatic N) is 2. The molecule has 0 radical (unpaired) electrons. The number of rotatable bonds is 6. The molecule has 0 spiro atoms. The summed E-state index contributed by atoms with van der Waals surface area (Å²) in [7, 11) is 0. The maximum Gasteiger partial charge on any atom is 0.140 e. The van der Waals surface area contributed by atoms with Crippen LogP contribution in [0.3, 0.4) is 0 Å². The predicted octanol–water partition coefficient (Wildman–Crippen LogP) is 0.870. The number of amidine groups is 1. The van der Waals surface area contributed by atoms with Gasteiger partial charge in [-0.15, -0.1) is 0 Å². The molecule has 5 nitrogen and oxygen atoms in total. The molecule has 0 bridgehead atoms. The van der Waals surface area contributed by atoms with E-state index in [1.807, 2.05) is 0 Å². The normalized spacial score (nSPS) is 22.2. The van der Waals surface area contributed by atoms with E-state index in [2.05, 4.69) is 23.9 Å². The number of hydrogen-bond donors (Lipinski definition) is 2. The van der Waals surface area contributed by atoms with E-state index in [1.165, 1.54) is 0 Å². The summed E-state index contributed by atoms with van der Waals surface area (Å²) in [5.74, 6) is 0.917. The van der Waals surface area contributed by atoms with E-state index in [1.54, 1.807) is 0 Å². The van der Waals surface area contributed by atoms with Gasteiger partial charge in [-0.2, -0.15) is 0 Å². The van der Waals surface area contributed by atoms with Gasteiger partial charge in [0.15, 0.2) is 0 Å². The summed E-state index contributed by atoms with van der Waals surface area (Å²) >= 11 is 0. The molecule has 1 heterocycles. The average molecular weight is 229 g/mol. The molecule has 5 heteroatoms. The summed E-state index contributed by atoms with van der Waals surface area (Å²) in [6.45, 7) is 7.93. The van der Waals surface area contributed by atoms with Crippen molar-refractivity contribution in [2.75, 3.05) is 26.3 Å². The monoisotopic (exact) mass is 229 g/mol. The third-order valence-corrected chi connectivity index (χ3v) is 2.81. The first-order valence-electron chi connectivity index (χ1n) is 5.91. The Bertz CT molecular complexity index is 225. The third kappa shape index (κ3) is 4.37. The van der Waals surface area contributed by atoms with Crippen LogP contribution in [0.5, 0.6) is 0 Å². The topological polar surface area (TPSA) is 71.1 Å². The lowest BCUT2D eigenvalue weighted by Crippen LogP contribution is -2.40. The van der Waals surface area contributed by atoms with Gasteiger partial charge in [0.05, 0.1) is 6.61 Å². The summed E-state index contributed by atoms with van der Waals surface area (Å²) in [6.07, 6.45) is 1.70. The average Bonchev–Trinajstić information content (AvgIpc) is 2.76. The van der Waals surface area contributed by atoms with Gasteiger partial charge in [0.1, 0.15) is 5.84 Å². The van der Waals surface area contributed by atoms with E-state index in [9.17, 15) is 0 Å². The van der Waals surface area contributed by atoms with Crippen molar-refractivity contribution in [3.63, 3.8) is 0 Å². The standard InChI is InChI=1S/C11H23N3O2/c1-9(2)7-14(5-3-11(12)13-15)10-4-6-16-8-10/h9-10,15H,3-8H2,1-2H3,(H2,12,13). The molecule has 1 fully saturated rings. The fraction of sp³-hybridized carbons (Fsp3) is 0.909. The van der Waals surface area contributed by atoms with E-state index in [0.717, 1.165) is 32.7 Å². The molecule has 1 aliphatic heterocycles. The van der Waals surface area contributed by atoms with Crippen LogP contribution in [-0.2, 0) is 4.74 Å². The Morgan fingerprint density at radius 3 is 2.88 bits per heavy atom. The summed E-state index contributed by atoms with van der Waals surface area (Å²) in [4.78, 5) is 2.38. The second-order valence-electron chi connectivity index (χ2n) is 4.75. The first kappa shape index (κ1) is 13.3. The van der Waals surface area contributed by atoms with Gasteiger partial charge in [0, 0.05) is 32.2 Å². The SMILES string of the molecule is CC(C)CN(CCC(N)=NO)C1CCOC1. The van der Waals surface area contributed by atoms with Crippen molar-refractivity contribution in [1.82, 2.24) is 4.90 Å². The van der Waals surface area contributed by atoms with Crippen molar-refractivity contribution >= 4 is 5.84 Å². The zero-order chi connectivity index (χ0) is 12.0. The highest BCUT2D eigenvalue weighted by molar-refractivity contribution is 5.79. The van der Waals surface area contributed by atoms with Gasteiger partial charge in [0.2, 0.25) is 0 Å². The Balaban J connectivity index is 2.43. The first-order chi connectivity index (χ1) is 7.63. The Morgan fingerprint density at radius 2 is 2.38 bits per heavy atom. The van der Waals surface area contributed by atoms with Crippen LogP contribution in [0.15, 0.2) is 5.16 Å². The molecule has 0 amide bonds. The molecule has 1 unspecified atom stereocenters. The van der Waals surface area contributed by atoms with Crippen LogP contribution in [0.25, 0.3) is 0 Å². The molecule has 1 rings (SSSR count).